The van der Waals surface area contributed by atoms with Crippen molar-refractivity contribution in [2.75, 3.05) is 13.1 Å². The molecule has 0 bridgehead atoms. The number of nitrogens with one attached hydrogen (secondary N) is 2. The van der Waals surface area contributed by atoms with Crippen LogP contribution in [0.5, 0.6) is 0 Å². The minimum Gasteiger partial charge on any atom is -0.313 e. The largest absolute Gasteiger partial charge is 0.313 e. The Labute approximate surface area is 120 Å². The molecule has 1 aromatic rings. The lowest BCUT2D eigenvalue weighted by Crippen LogP contribution is -2.34. The standard InChI is InChI=1S/C9H14ClN3O4S2/c1-6(2)11-3-4-12-19(16,17)8-5-7(13(14)15)9(10)18-8/h5-6,11-12H,3-4H2,1-2H3. The molecule has 19 heavy (non-hydrogen) atoms. The molecule has 108 valence electrons. The third kappa shape index (κ3) is 4.69. The summed E-state index contributed by atoms with van der Waals surface area (Å²) in [6, 6.07) is 1.22. The van der Waals surface area contributed by atoms with Crippen molar-refractivity contribution < 1.29 is 13.3 Å². The van der Waals surface area contributed by atoms with Crippen molar-refractivity contribution in [1.82, 2.24) is 10.0 Å². The first-order valence-electron chi connectivity index (χ1n) is 5.41. The van der Waals surface area contributed by atoms with Crippen molar-refractivity contribution in [2.45, 2.75) is 24.1 Å². The molecule has 0 aliphatic carbocycles. The molecule has 0 spiro atoms. The lowest BCUT2D eigenvalue weighted by atomic mass is 10.4. The van der Waals surface area contributed by atoms with Gasteiger partial charge in [-0.25, -0.2) is 13.1 Å². The van der Waals surface area contributed by atoms with Crippen molar-refractivity contribution in [1.29, 1.82) is 0 Å². The number of rotatable bonds is 7. The van der Waals surface area contributed by atoms with Crippen LogP contribution >= 0.6 is 22.9 Å². The molecule has 0 atom stereocenters. The summed E-state index contributed by atoms with van der Waals surface area (Å²) in [5, 5.41) is 13.6. The third-order valence-corrected chi connectivity index (χ3v) is 5.35. The number of sulfonamides is 1. The smallest absolute Gasteiger partial charge is 0.300 e. The number of hydrogen-bond acceptors (Lipinski definition) is 6. The lowest BCUT2D eigenvalue weighted by Gasteiger charge is -2.08. The van der Waals surface area contributed by atoms with Crippen LogP contribution in [0.15, 0.2) is 10.3 Å². The van der Waals surface area contributed by atoms with E-state index in [1.807, 2.05) is 13.8 Å². The quantitative estimate of drug-likeness (QED) is 0.450. The first-order valence-corrected chi connectivity index (χ1v) is 8.08. The van der Waals surface area contributed by atoms with Crippen molar-refractivity contribution in [3.63, 3.8) is 0 Å². The Hall–Kier alpha value is -0.740. The number of nitrogens with zero attached hydrogens (tertiary/aromatic N) is 1. The fourth-order valence-electron chi connectivity index (χ4n) is 1.21. The first-order chi connectivity index (χ1) is 8.74. The summed E-state index contributed by atoms with van der Waals surface area (Å²) in [6.45, 7) is 4.55. The molecule has 0 fully saturated rings. The average molecular weight is 328 g/mol. The van der Waals surface area contributed by atoms with Crippen LogP contribution in [-0.2, 0) is 10.0 Å². The van der Waals surface area contributed by atoms with E-state index in [9.17, 15) is 18.5 Å². The summed E-state index contributed by atoms with van der Waals surface area (Å²) >= 11 is 6.29. The molecule has 0 aromatic carbocycles. The van der Waals surface area contributed by atoms with Gasteiger partial charge in [-0.15, -0.1) is 11.3 Å². The normalized spacial score (nSPS) is 12.0. The molecule has 0 saturated carbocycles. The summed E-state index contributed by atoms with van der Waals surface area (Å²) in [6.07, 6.45) is 0. The van der Waals surface area contributed by atoms with Gasteiger partial charge in [0.1, 0.15) is 4.21 Å². The van der Waals surface area contributed by atoms with Crippen LogP contribution in [-0.4, -0.2) is 32.5 Å². The lowest BCUT2D eigenvalue weighted by molar-refractivity contribution is -0.384. The van der Waals surface area contributed by atoms with Gasteiger partial charge in [0, 0.05) is 25.2 Å². The van der Waals surface area contributed by atoms with E-state index < -0.39 is 20.6 Å². The van der Waals surface area contributed by atoms with Gasteiger partial charge >= 0.3 is 0 Å². The highest BCUT2D eigenvalue weighted by Gasteiger charge is 2.24. The zero-order valence-electron chi connectivity index (χ0n) is 10.3. The van der Waals surface area contributed by atoms with E-state index in [0.29, 0.717) is 17.9 Å². The van der Waals surface area contributed by atoms with Crippen LogP contribution in [0.4, 0.5) is 5.69 Å². The van der Waals surface area contributed by atoms with Crippen LogP contribution < -0.4 is 10.0 Å². The highest BCUT2D eigenvalue weighted by Crippen LogP contribution is 2.35. The van der Waals surface area contributed by atoms with E-state index in [1.165, 1.54) is 0 Å². The molecule has 10 heteroatoms. The Morgan fingerprint density at radius 2 is 2.11 bits per heavy atom. The summed E-state index contributed by atoms with van der Waals surface area (Å²) in [7, 11) is -3.75. The summed E-state index contributed by atoms with van der Waals surface area (Å²) in [4.78, 5) is 9.89. The predicted octanol–water partition coefficient (Wildman–Crippen LogP) is 1.59. The fourth-order valence-corrected chi connectivity index (χ4v) is 3.95. The second-order valence-corrected chi connectivity index (χ2v) is 7.64. The number of nitro groups is 1. The highest BCUT2D eigenvalue weighted by molar-refractivity contribution is 7.91. The third-order valence-electron chi connectivity index (χ3n) is 2.08. The topological polar surface area (TPSA) is 101 Å². The molecule has 0 amide bonds. The molecular formula is C9H14ClN3O4S2. The van der Waals surface area contributed by atoms with Gasteiger partial charge < -0.3 is 5.32 Å². The van der Waals surface area contributed by atoms with Crippen molar-refractivity contribution in [3.8, 4) is 0 Å². The Kier molecular flexibility index (Phi) is 5.68. The monoisotopic (exact) mass is 327 g/mol. The minimum absolute atomic E-state index is 0.148. The summed E-state index contributed by atoms with van der Waals surface area (Å²) in [5.74, 6) is 0. The number of halogens is 1. The van der Waals surface area contributed by atoms with E-state index >= 15 is 0 Å². The maximum atomic E-state index is 11.9. The Morgan fingerprint density at radius 3 is 2.58 bits per heavy atom. The van der Waals surface area contributed by atoms with Crippen LogP contribution in [0.3, 0.4) is 0 Å². The van der Waals surface area contributed by atoms with E-state index in [2.05, 4.69) is 10.0 Å². The van der Waals surface area contributed by atoms with Crippen molar-refractivity contribution in [3.05, 3.63) is 20.5 Å². The van der Waals surface area contributed by atoms with Gasteiger partial charge in [-0.3, -0.25) is 10.1 Å². The van der Waals surface area contributed by atoms with Gasteiger partial charge in [0.05, 0.1) is 4.92 Å². The summed E-state index contributed by atoms with van der Waals surface area (Å²) in [5.41, 5.74) is -0.396. The second kappa shape index (κ2) is 6.62. The van der Waals surface area contributed by atoms with Gasteiger partial charge in [0.15, 0.2) is 4.34 Å². The van der Waals surface area contributed by atoms with Gasteiger partial charge in [-0.05, 0) is 0 Å². The van der Waals surface area contributed by atoms with Gasteiger partial charge in [0.25, 0.3) is 5.69 Å². The van der Waals surface area contributed by atoms with Gasteiger partial charge in [-0.1, -0.05) is 25.4 Å². The Morgan fingerprint density at radius 1 is 1.47 bits per heavy atom. The van der Waals surface area contributed by atoms with E-state index in [1.54, 1.807) is 0 Å². The van der Waals surface area contributed by atoms with E-state index in [0.717, 1.165) is 6.07 Å². The number of thiophene rings is 1. The maximum absolute atomic E-state index is 11.9. The summed E-state index contributed by atoms with van der Waals surface area (Å²) < 4.78 is 25.8. The maximum Gasteiger partial charge on any atom is 0.300 e. The molecule has 1 rings (SSSR count). The Bertz CT molecular complexity index is 556. The van der Waals surface area contributed by atoms with Crippen LogP contribution in [0.1, 0.15) is 13.8 Å². The molecule has 0 aliphatic rings. The second-order valence-electron chi connectivity index (χ2n) is 3.99. The molecule has 1 aromatic heterocycles. The molecule has 1 heterocycles. The molecule has 7 nitrogen and oxygen atoms in total. The first kappa shape index (κ1) is 16.3. The van der Waals surface area contributed by atoms with Crippen LogP contribution in [0, 0.1) is 10.1 Å². The highest BCUT2D eigenvalue weighted by atomic mass is 35.5. The van der Waals surface area contributed by atoms with E-state index in [-0.39, 0.29) is 21.1 Å². The number of hydrogen-bond donors (Lipinski definition) is 2. The van der Waals surface area contributed by atoms with Crippen LogP contribution in [0.25, 0.3) is 0 Å². The van der Waals surface area contributed by atoms with E-state index in [4.69, 9.17) is 11.6 Å². The molecular weight excluding hydrogens is 314 g/mol. The minimum atomic E-state index is -3.75. The average Bonchev–Trinajstić information content (AvgIpc) is 2.67. The molecule has 0 unspecified atom stereocenters. The molecule has 2 N–H and O–H groups in total. The Balaban J connectivity index is 2.72. The van der Waals surface area contributed by atoms with Crippen molar-refractivity contribution in [2.24, 2.45) is 0 Å². The molecule has 0 radical (unpaired) electrons. The van der Waals surface area contributed by atoms with Gasteiger partial charge in [-0.2, -0.15) is 0 Å². The zero-order chi connectivity index (χ0) is 14.6. The fraction of sp³-hybridized carbons (Fsp3) is 0.556. The van der Waals surface area contributed by atoms with Crippen molar-refractivity contribution >= 4 is 38.6 Å². The SMILES string of the molecule is CC(C)NCCNS(=O)(=O)c1cc([N+](=O)[O-])c(Cl)s1. The molecule has 0 aliphatic heterocycles. The molecule has 0 saturated heterocycles. The zero-order valence-corrected chi connectivity index (χ0v) is 12.7. The van der Waals surface area contributed by atoms with Gasteiger partial charge in [0.2, 0.25) is 10.0 Å². The van der Waals surface area contributed by atoms with Crippen LogP contribution in [0.2, 0.25) is 4.34 Å². The predicted molar refractivity (Wildman–Crippen MR) is 74.3 cm³/mol.